The van der Waals surface area contributed by atoms with E-state index >= 15 is 0 Å². The molecule has 1 aromatic rings. The molecule has 2 amide bonds. The van der Waals surface area contributed by atoms with Crippen LogP contribution in [0.4, 0.5) is 4.39 Å². The number of nitrogens with one attached hydrogen (secondary N) is 1. The van der Waals surface area contributed by atoms with Crippen LogP contribution < -0.4 is 11.1 Å². The Kier molecular flexibility index (Phi) is 4.06. The van der Waals surface area contributed by atoms with Gasteiger partial charge in [-0.05, 0) is 44.5 Å². The van der Waals surface area contributed by atoms with E-state index in [2.05, 4.69) is 5.32 Å². The van der Waals surface area contributed by atoms with Gasteiger partial charge in [0.25, 0.3) is 5.91 Å². The summed E-state index contributed by atoms with van der Waals surface area (Å²) in [5.41, 5.74) is 5.32. The number of carbonyl (C=O) groups excluding carboxylic acids is 2. The summed E-state index contributed by atoms with van der Waals surface area (Å²) in [6, 6.07) is 3.92. The molecule has 0 saturated carbocycles. The number of nitrogens with two attached hydrogens (primary N) is 1. The maximum absolute atomic E-state index is 12.9. The maximum Gasteiger partial charge on any atom is 0.251 e. The molecule has 0 heterocycles. The van der Waals surface area contributed by atoms with Gasteiger partial charge in [-0.2, -0.15) is 0 Å². The molecule has 0 aromatic heterocycles. The van der Waals surface area contributed by atoms with Crippen molar-refractivity contribution in [3.05, 3.63) is 35.1 Å². The fourth-order valence-corrected chi connectivity index (χ4v) is 1.37. The number of benzene rings is 1. The first-order chi connectivity index (χ1) is 8.24. The highest BCUT2D eigenvalue weighted by atomic mass is 19.1. The van der Waals surface area contributed by atoms with Gasteiger partial charge in [-0.15, -0.1) is 0 Å². The summed E-state index contributed by atoms with van der Waals surface area (Å²) in [5.74, 6) is -1.22. The number of hydrogen-bond donors (Lipinski definition) is 2. The summed E-state index contributed by atoms with van der Waals surface area (Å²) in [4.78, 5) is 23.0. The minimum absolute atomic E-state index is 0.137. The molecule has 0 unspecified atom stereocenters. The summed E-state index contributed by atoms with van der Waals surface area (Å²) in [7, 11) is 0. The van der Waals surface area contributed by atoms with Gasteiger partial charge in [-0.25, -0.2) is 4.39 Å². The Morgan fingerprint density at radius 1 is 1.39 bits per heavy atom. The molecule has 0 fully saturated rings. The van der Waals surface area contributed by atoms with E-state index in [1.807, 2.05) is 0 Å². The van der Waals surface area contributed by atoms with Crippen LogP contribution in [-0.2, 0) is 4.79 Å². The predicted octanol–water partition coefficient (Wildman–Crippen LogP) is 1.38. The molecule has 4 nitrogen and oxygen atoms in total. The van der Waals surface area contributed by atoms with Crippen molar-refractivity contribution in [2.75, 3.05) is 6.54 Å². The van der Waals surface area contributed by atoms with E-state index in [4.69, 9.17) is 5.73 Å². The number of halogens is 1. The number of rotatable bonds is 4. The van der Waals surface area contributed by atoms with Crippen molar-refractivity contribution < 1.29 is 14.0 Å². The number of primary amides is 1. The van der Waals surface area contributed by atoms with E-state index in [9.17, 15) is 14.0 Å². The van der Waals surface area contributed by atoms with Crippen molar-refractivity contribution >= 4 is 11.8 Å². The van der Waals surface area contributed by atoms with Crippen molar-refractivity contribution in [3.8, 4) is 0 Å². The lowest BCUT2D eigenvalue weighted by atomic mass is 9.92. The van der Waals surface area contributed by atoms with E-state index in [0.29, 0.717) is 11.1 Å². The molecule has 0 saturated heterocycles. The smallest absolute Gasteiger partial charge is 0.251 e. The van der Waals surface area contributed by atoms with E-state index in [0.717, 1.165) is 0 Å². The lowest BCUT2D eigenvalue weighted by molar-refractivity contribution is -0.125. The Labute approximate surface area is 105 Å². The van der Waals surface area contributed by atoms with Crippen LogP contribution >= 0.6 is 0 Å². The zero-order valence-electron chi connectivity index (χ0n) is 10.7. The molecule has 0 aliphatic heterocycles. The predicted molar refractivity (Wildman–Crippen MR) is 66.4 cm³/mol. The number of carbonyl (C=O) groups is 2. The molecule has 0 aliphatic rings. The van der Waals surface area contributed by atoms with Gasteiger partial charge in [0.15, 0.2) is 0 Å². The Morgan fingerprint density at radius 2 is 2.00 bits per heavy atom. The molecule has 0 spiro atoms. The molecule has 1 aromatic carbocycles. The average molecular weight is 252 g/mol. The van der Waals surface area contributed by atoms with Gasteiger partial charge in [-0.1, -0.05) is 0 Å². The Balaban J connectivity index is 2.75. The Bertz CT molecular complexity index is 484. The molecular weight excluding hydrogens is 235 g/mol. The molecule has 98 valence electrons. The third-order valence-electron chi connectivity index (χ3n) is 2.79. The standard InChI is InChI=1S/C13H17FN2O2/c1-8-6-9(14)4-5-10(8)11(17)16-7-13(2,3)12(15)18/h4-6H,7H2,1-3H3,(H2,15,18)(H,16,17). The van der Waals surface area contributed by atoms with Gasteiger partial charge in [0.2, 0.25) is 5.91 Å². The Hall–Kier alpha value is -1.91. The van der Waals surface area contributed by atoms with Crippen LogP contribution in [0.3, 0.4) is 0 Å². The van der Waals surface area contributed by atoms with Crippen LogP contribution in [0.1, 0.15) is 29.8 Å². The molecule has 1 rings (SSSR count). The van der Waals surface area contributed by atoms with Crippen molar-refractivity contribution in [3.63, 3.8) is 0 Å². The van der Waals surface area contributed by atoms with E-state index in [1.165, 1.54) is 18.2 Å². The third kappa shape index (κ3) is 3.29. The average Bonchev–Trinajstić information content (AvgIpc) is 2.25. The first-order valence-electron chi connectivity index (χ1n) is 5.58. The molecule has 3 N–H and O–H groups in total. The van der Waals surface area contributed by atoms with Gasteiger partial charge >= 0.3 is 0 Å². The zero-order chi connectivity index (χ0) is 13.9. The number of hydrogen-bond acceptors (Lipinski definition) is 2. The summed E-state index contributed by atoms with van der Waals surface area (Å²) < 4.78 is 12.9. The molecule has 0 radical (unpaired) electrons. The number of amides is 2. The number of aryl methyl sites for hydroxylation is 1. The quantitative estimate of drug-likeness (QED) is 0.849. The minimum Gasteiger partial charge on any atom is -0.369 e. The fourth-order valence-electron chi connectivity index (χ4n) is 1.37. The first kappa shape index (κ1) is 14.2. The molecular formula is C13H17FN2O2. The second-order valence-electron chi connectivity index (χ2n) is 4.89. The van der Waals surface area contributed by atoms with Gasteiger partial charge in [0, 0.05) is 12.1 Å². The highest BCUT2D eigenvalue weighted by Crippen LogP contribution is 2.14. The normalized spacial score (nSPS) is 11.1. The van der Waals surface area contributed by atoms with Crippen molar-refractivity contribution in [2.24, 2.45) is 11.1 Å². The van der Waals surface area contributed by atoms with E-state index < -0.39 is 11.3 Å². The molecule has 5 heteroatoms. The van der Waals surface area contributed by atoms with Gasteiger partial charge in [0.1, 0.15) is 5.82 Å². The van der Waals surface area contributed by atoms with Crippen LogP contribution in [0.15, 0.2) is 18.2 Å². The topological polar surface area (TPSA) is 72.2 Å². The minimum atomic E-state index is -0.816. The lowest BCUT2D eigenvalue weighted by Crippen LogP contribution is -2.42. The van der Waals surface area contributed by atoms with Gasteiger partial charge in [-0.3, -0.25) is 9.59 Å². The summed E-state index contributed by atoms with van der Waals surface area (Å²) >= 11 is 0. The highest BCUT2D eigenvalue weighted by Gasteiger charge is 2.25. The van der Waals surface area contributed by atoms with Crippen LogP contribution in [0.25, 0.3) is 0 Å². The summed E-state index contributed by atoms with van der Waals surface area (Å²) in [6.45, 7) is 5.08. The highest BCUT2D eigenvalue weighted by molar-refractivity contribution is 5.96. The monoisotopic (exact) mass is 252 g/mol. The largest absolute Gasteiger partial charge is 0.369 e. The van der Waals surface area contributed by atoms with Crippen molar-refractivity contribution in [1.82, 2.24) is 5.32 Å². The van der Waals surface area contributed by atoms with Crippen LogP contribution in [0.5, 0.6) is 0 Å². The van der Waals surface area contributed by atoms with Crippen molar-refractivity contribution in [1.29, 1.82) is 0 Å². The summed E-state index contributed by atoms with van der Waals surface area (Å²) in [5, 5.41) is 2.62. The summed E-state index contributed by atoms with van der Waals surface area (Å²) in [6.07, 6.45) is 0. The van der Waals surface area contributed by atoms with Gasteiger partial charge in [0.05, 0.1) is 5.41 Å². The second kappa shape index (κ2) is 5.16. The third-order valence-corrected chi connectivity index (χ3v) is 2.79. The van der Waals surface area contributed by atoms with Crippen LogP contribution in [0.2, 0.25) is 0 Å². The van der Waals surface area contributed by atoms with Crippen LogP contribution in [-0.4, -0.2) is 18.4 Å². The molecule has 0 atom stereocenters. The SMILES string of the molecule is Cc1cc(F)ccc1C(=O)NCC(C)(C)C(N)=O. The van der Waals surface area contributed by atoms with E-state index in [1.54, 1.807) is 20.8 Å². The zero-order valence-corrected chi connectivity index (χ0v) is 10.7. The molecule has 0 aliphatic carbocycles. The van der Waals surface area contributed by atoms with E-state index in [-0.39, 0.29) is 18.3 Å². The maximum atomic E-state index is 12.9. The van der Waals surface area contributed by atoms with Crippen LogP contribution in [0, 0.1) is 18.2 Å². The van der Waals surface area contributed by atoms with Crippen molar-refractivity contribution in [2.45, 2.75) is 20.8 Å². The second-order valence-corrected chi connectivity index (χ2v) is 4.89. The first-order valence-corrected chi connectivity index (χ1v) is 5.58. The van der Waals surface area contributed by atoms with Gasteiger partial charge < -0.3 is 11.1 Å². The molecule has 18 heavy (non-hydrogen) atoms. The molecule has 0 bridgehead atoms. The fraction of sp³-hybridized carbons (Fsp3) is 0.385. The Morgan fingerprint density at radius 3 is 2.50 bits per heavy atom. The lowest BCUT2D eigenvalue weighted by Gasteiger charge is -2.21.